The zero-order valence-corrected chi connectivity index (χ0v) is 33.8. The van der Waals surface area contributed by atoms with E-state index in [1.165, 1.54) is 78.0 Å². The third kappa shape index (κ3) is 8.85. The van der Waals surface area contributed by atoms with Crippen molar-refractivity contribution in [2.24, 2.45) is 5.92 Å². The summed E-state index contributed by atoms with van der Waals surface area (Å²) in [6.07, 6.45) is 17.9. The second-order valence-corrected chi connectivity index (χ2v) is 12.7. The molecule has 0 saturated heterocycles. The van der Waals surface area contributed by atoms with Crippen LogP contribution in [0.1, 0.15) is 107 Å². The van der Waals surface area contributed by atoms with E-state index >= 15 is 0 Å². The SMILES string of the molecule is CC.CC.CC.CCC.CCc1cccc(-n2c3ccccc3c3cc4c(cc32)c2ccccc2n4/C=C2\CC=CC=C\C2=C\CC(C)C)c1C. The van der Waals surface area contributed by atoms with Gasteiger partial charge in [-0.05, 0) is 84.7 Å². The lowest BCUT2D eigenvalue weighted by Crippen LogP contribution is -1.99. The Bertz CT molecular complexity index is 2120. The van der Waals surface area contributed by atoms with Crippen molar-refractivity contribution in [2.45, 2.75) is 109 Å². The monoisotopic (exact) mass is 681 g/mol. The summed E-state index contributed by atoms with van der Waals surface area (Å²) in [6.45, 7) is 25.3. The molecule has 2 heteroatoms. The number of allylic oxidation sites excluding steroid dienone is 7. The van der Waals surface area contributed by atoms with E-state index < -0.39 is 0 Å². The first kappa shape index (κ1) is 40.9. The van der Waals surface area contributed by atoms with E-state index in [2.05, 4.69) is 166 Å². The van der Waals surface area contributed by atoms with Crippen LogP contribution in [0.2, 0.25) is 0 Å². The van der Waals surface area contributed by atoms with Crippen molar-refractivity contribution in [3.05, 3.63) is 132 Å². The Morgan fingerprint density at radius 3 is 1.90 bits per heavy atom. The maximum atomic E-state index is 2.48. The fourth-order valence-corrected chi connectivity index (χ4v) is 6.66. The average molecular weight is 681 g/mol. The molecule has 4 aromatic carbocycles. The van der Waals surface area contributed by atoms with Gasteiger partial charge in [-0.15, -0.1) is 0 Å². The van der Waals surface area contributed by atoms with Crippen LogP contribution >= 0.6 is 0 Å². The lowest BCUT2D eigenvalue weighted by molar-refractivity contribution is 0.662. The Hall–Kier alpha value is -4.56. The van der Waals surface area contributed by atoms with E-state index in [0.29, 0.717) is 5.92 Å². The first-order valence-electron chi connectivity index (χ1n) is 19.8. The number of para-hydroxylation sites is 2. The van der Waals surface area contributed by atoms with Gasteiger partial charge in [-0.25, -0.2) is 0 Å². The third-order valence-corrected chi connectivity index (χ3v) is 8.87. The number of fused-ring (bicyclic) bond motifs is 6. The molecule has 0 aliphatic heterocycles. The fourth-order valence-electron chi connectivity index (χ4n) is 6.66. The highest BCUT2D eigenvalue weighted by atomic mass is 15.0. The maximum Gasteiger partial charge on any atom is 0.0548 e. The van der Waals surface area contributed by atoms with E-state index in [9.17, 15) is 0 Å². The number of nitrogens with zero attached hydrogens (tertiary/aromatic N) is 2. The molecule has 2 heterocycles. The number of rotatable bonds is 5. The van der Waals surface area contributed by atoms with Crippen LogP contribution in [0, 0.1) is 12.8 Å². The first-order chi connectivity index (χ1) is 25.0. The van der Waals surface area contributed by atoms with Crippen molar-refractivity contribution < 1.29 is 0 Å². The predicted molar refractivity (Wildman–Crippen MR) is 233 cm³/mol. The minimum atomic E-state index is 0.629. The summed E-state index contributed by atoms with van der Waals surface area (Å²) in [5.74, 6) is 0.629. The molecule has 0 spiro atoms. The van der Waals surface area contributed by atoms with E-state index in [1.54, 1.807) is 0 Å². The van der Waals surface area contributed by atoms with Crippen molar-refractivity contribution >= 4 is 49.8 Å². The lowest BCUT2D eigenvalue weighted by atomic mass is 10.0. The maximum absolute atomic E-state index is 2.48. The molecule has 7 rings (SSSR count). The van der Waals surface area contributed by atoms with E-state index in [4.69, 9.17) is 0 Å². The van der Waals surface area contributed by atoms with Crippen LogP contribution in [0.5, 0.6) is 0 Å². The fraction of sp³-hybridized carbons (Fsp3) is 0.347. The second kappa shape index (κ2) is 20.3. The highest BCUT2D eigenvalue weighted by Crippen LogP contribution is 2.39. The van der Waals surface area contributed by atoms with Crippen LogP contribution in [0.4, 0.5) is 0 Å². The number of benzene rings is 4. The zero-order chi connectivity index (χ0) is 37.5. The van der Waals surface area contributed by atoms with Crippen molar-refractivity contribution in [1.29, 1.82) is 0 Å². The molecule has 1 aliphatic carbocycles. The van der Waals surface area contributed by atoms with Gasteiger partial charge in [0.1, 0.15) is 0 Å². The van der Waals surface area contributed by atoms with Crippen LogP contribution in [0.25, 0.3) is 55.5 Å². The average Bonchev–Trinajstić information content (AvgIpc) is 3.54. The van der Waals surface area contributed by atoms with Crippen molar-refractivity contribution in [1.82, 2.24) is 9.13 Å². The Morgan fingerprint density at radius 2 is 1.25 bits per heavy atom. The van der Waals surface area contributed by atoms with Crippen LogP contribution in [-0.2, 0) is 6.42 Å². The minimum absolute atomic E-state index is 0.629. The van der Waals surface area contributed by atoms with E-state index in [-0.39, 0.29) is 0 Å². The summed E-state index contributed by atoms with van der Waals surface area (Å²) in [7, 11) is 0. The summed E-state index contributed by atoms with van der Waals surface area (Å²) in [4.78, 5) is 0. The van der Waals surface area contributed by atoms with E-state index in [1.807, 2.05) is 41.5 Å². The normalized spacial score (nSPS) is 13.7. The molecule has 0 saturated carbocycles. The molecule has 270 valence electrons. The van der Waals surface area contributed by atoms with Gasteiger partial charge in [-0.3, -0.25) is 0 Å². The van der Waals surface area contributed by atoms with E-state index in [0.717, 1.165) is 19.3 Å². The molecule has 2 nitrogen and oxygen atoms in total. The van der Waals surface area contributed by atoms with Gasteiger partial charge >= 0.3 is 0 Å². The minimum Gasteiger partial charge on any atom is -0.316 e. The molecule has 0 radical (unpaired) electrons. The van der Waals surface area contributed by atoms with Gasteiger partial charge in [-0.2, -0.15) is 0 Å². The molecule has 0 N–H and O–H groups in total. The number of hydrogen-bond acceptors (Lipinski definition) is 0. The molecule has 6 aromatic rings. The molecule has 1 aliphatic rings. The molecule has 0 bridgehead atoms. The summed E-state index contributed by atoms with van der Waals surface area (Å²) in [6, 6.07) is 29.3. The molecule has 0 atom stereocenters. The topological polar surface area (TPSA) is 9.86 Å². The second-order valence-electron chi connectivity index (χ2n) is 12.7. The highest BCUT2D eigenvalue weighted by molar-refractivity contribution is 6.19. The Kier molecular flexibility index (Phi) is 16.3. The molecule has 2 aromatic heterocycles. The van der Waals surface area contributed by atoms with Crippen LogP contribution in [0.15, 0.2) is 120 Å². The predicted octanol–water partition coefficient (Wildman–Crippen LogP) is 15.6. The first-order valence-corrected chi connectivity index (χ1v) is 19.8. The summed E-state index contributed by atoms with van der Waals surface area (Å²) < 4.78 is 4.92. The number of hydrogen-bond donors (Lipinski definition) is 0. The highest BCUT2D eigenvalue weighted by Gasteiger charge is 2.19. The molecule has 51 heavy (non-hydrogen) atoms. The van der Waals surface area contributed by atoms with Gasteiger partial charge in [0.05, 0.1) is 22.1 Å². The summed E-state index contributed by atoms with van der Waals surface area (Å²) in [5, 5.41) is 5.15. The van der Waals surface area contributed by atoms with Crippen molar-refractivity contribution in [2.75, 3.05) is 0 Å². The van der Waals surface area contributed by atoms with Gasteiger partial charge in [0.2, 0.25) is 0 Å². The molecular formula is C49H64N2. The Balaban J connectivity index is 0.000000720. The number of aryl methyl sites for hydroxylation is 1. The summed E-state index contributed by atoms with van der Waals surface area (Å²) in [5.41, 5.74) is 11.7. The van der Waals surface area contributed by atoms with Gasteiger partial charge in [-0.1, -0.05) is 161 Å². The largest absolute Gasteiger partial charge is 0.316 e. The van der Waals surface area contributed by atoms with Crippen molar-refractivity contribution in [3.63, 3.8) is 0 Å². The Labute approximate surface area is 309 Å². The quantitative estimate of drug-likeness (QED) is 0.171. The van der Waals surface area contributed by atoms with Gasteiger partial charge in [0, 0.05) is 33.4 Å². The standard InChI is InChI=1S/C40H38N2.C3H8.3C2H6/c1-5-29-16-13-21-36(28(29)4)42-38-20-12-10-18-33(38)35-24-39-34(25-40(35)42)32-17-9-11-19-37(32)41(39)26-31-15-8-6-7-14-30(31)23-22-27(2)3;1-3-2;3*1-2/h6-14,16-21,23-27H,5,15,22H2,1-4H3;3H2,1-2H3;3*1-2H3/b30-23-,31-26+;;;;. The molecule has 0 fully saturated rings. The van der Waals surface area contributed by atoms with Crippen LogP contribution in [-0.4, -0.2) is 9.13 Å². The third-order valence-electron chi connectivity index (χ3n) is 8.87. The summed E-state index contributed by atoms with van der Waals surface area (Å²) >= 11 is 0. The van der Waals surface area contributed by atoms with Crippen molar-refractivity contribution in [3.8, 4) is 5.69 Å². The molecular weight excluding hydrogens is 617 g/mol. The van der Waals surface area contributed by atoms with Gasteiger partial charge in [0.25, 0.3) is 0 Å². The lowest BCUT2D eigenvalue weighted by Gasteiger charge is -2.14. The van der Waals surface area contributed by atoms with Gasteiger partial charge in [0.15, 0.2) is 0 Å². The van der Waals surface area contributed by atoms with Crippen LogP contribution in [0.3, 0.4) is 0 Å². The smallest absolute Gasteiger partial charge is 0.0548 e. The van der Waals surface area contributed by atoms with Crippen LogP contribution < -0.4 is 0 Å². The molecule has 0 unspecified atom stereocenters. The zero-order valence-electron chi connectivity index (χ0n) is 33.8. The Morgan fingerprint density at radius 1 is 0.667 bits per heavy atom. The number of aromatic nitrogens is 2. The molecule has 0 amide bonds. The van der Waals surface area contributed by atoms with Gasteiger partial charge < -0.3 is 9.13 Å².